The molecular formula is C15H17BrClN3O. The molecule has 0 unspecified atom stereocenters. The van der Waals surface area contributed by atoms with Crippen LogP contribution in [0.3, 0.4) is 0 Å². The van der Waals surface area contributed by atoms with Crippen LogP contribution in [-0.4, -0.2) is 10.1 Å². The van der Waals surface area contributed by atoms with Gasteiger partial charge in [0.15, 0.2) is 5.82 Å². The van der Waals surface area contributed by atoms with Crippen LogP contribution in [0.5, 0.6) is 0 Å². The second-order valence-corrected chi connectivity index (χ2v) is 7.15. The maximum Gasteiger partial charge on any atom is 0.258 e. The van der Waals surface area contributed by atoms with Gasteiger partial charge in [-0.15, -0.1) is 0 Å². The third-order valence-electron chi connectivity index (χ3n) is 4.20. The fraction of sp³-hybridized carbons (Fsp3) is 0.467. The molecule has 1 aromatic carbocycles. The highest BCUT2D eigenvalue weighted by Crippen LogP contribution is 2.37. The zero-order valence-electron chi connectivity index (χ0n) is 11.8. The predicted octanol–water partition coefficient (Wildman–Crippen LogP) is 4.52. The molecule has 21 heavy (non-hydrogen) atoms. The number of nitrogens with two attached hydrogens (primary N) is 1. The van der Waals surface area contributed by atoms with Crippen LogP contribution in [0.4, 0.5) is 0 Å². The second-order valence-electron chi connectivity index (χ2n) is 5.89. The van der Waals surface area contributed by atoms with Crippen LogP contribution in [-0.2, 0) is 5.54 Å². The largest absolute Gasteiger partial charge is 0.334 e. The minimum absolute atomic E-state index is 0.461. The molecule has 1 heterocycles. The zero-order valence-corrected chi connectivity index (χ0v) is 14.1. The Morgan fingerprint density at radius 3 is 2.76 bits per heavy atom. The molecular weight excluding hydrogens is 354 g/mol. The van der Waals surface area contributed by atoms with E-state index in [0.29, 0.717) is 16.7 Å². The fourth-order valence-electron chi connectivity index (χ4n) is 2.67. The summed E-state index contributed by atoms with van der Waals surface area (Å²) in [5.41, 5.74) is 6.81. The Hall–Kier alpha value is -0.910. The van der Waals surface area contributed by atoms with Crippen molar-refractivity contribution in [3.63, 3.8) is 0 Å². The van der Waals surface area contributed by atoms with Crippen molar-refractivity contribution in [3.8, 4) is 11.5 Å². The lowest BCUT2D eigenvalue weighted by molar-refractivity contribution is 0.230. The summed E-state index contributed by atoms with van der Waals surface area (Å²) in [5, 5.41) is 4.71. The van der Waals surface area contributed by atoms with Crippen LogP contribution in [0, 0.1) is 5.92 Å². The van der Waals surface area contributed by atoms with Crippen molar-refractivity contribution in [1.29, 1.82) is 0 Å². The summed E-state index contributed by atoms with van der Waals surface area (Å²) >= 11 is 9.47. The van der Waals surface area contributed by atoms with E-state index < -0.39 is 5.54 Å². The van der Waals surface area contributed by atoms with Crippen LogP contribution >= 0.6 is 27.5 Å². The summed E-state index contributed by atoms with van der Waals surface area (Å²) in [4.78, 5) is 4.50. The minimum atomic E-state index is -0.465. The Labute approximate surface area is 137 Å². The van der Waals surface area contributed by atoms with Crippen molar-refractivity contribution in [2.24, 2.45) is 11.7 Å². The molecule has 1 aliphatic rings. The van der Waals surface area contributed by atoms with E-state index in [2.05, 4.69) is 33.0 Å². The van der Waals surface area contributed by atoms with Gasteiger partial charge in [0.1, 0.15) is 0 Å². The highest BCUT2D eigenvalue weighted by atomic mass is 79.9. The number of benzene rings is 1. The summed E-state index contributed by atoms with van der Waals surface area (Å²) in [6.07, 6.45) is 4.00. The van der Waals surface area contributed by atoms with Crippen LogP contribution in [0.2, 0.25) is 5.02 Å². The van der Waals surface area contributed by atoms with E-state index in [1.165, 1.54) is 0 Å². The summed E-state index contributed by atoms with van der Waals surface area (Å²) < 4.78 is 6.21. The van der Waals surface area contributed by atoms with Gasteiger partial charge < -0.3 is 10.3 Å². The van der Waals surface area contributed by atoms with Gasteiger partial charge in [0.05, 0.1) is 10.6 Å². The molecule has 0 bridgehead atoms. The van der Waals surface area contributed by atoms with Gasteiger partial charge >= 0.3 is 0 Å². The lowest BCUT2D eigenvalue weighted by Gasteiger charge is -2.33. The van der Waals surface area contributed by atoms with Crippen molar-refractivity contribution in [3.05, 3.63) is 33.5 Å². The molecule has 3 rings (SSSR count). The Morgan fingerprint density at radius 1 is 1.38 bits per heavy atom. The number of nitrogens with zero attached hydrogens (tertiary/aromatic N) is 2. The van der Waals surface area contributed by atoms with Gasteiger partial charge in [-0.1, -0.05) is 23.7 Å². The van der Waals surface area contributed by atoms with Gasteiger partial charge in [0.25, 0.3) is 5.89 Å². The van der Waals surface area contributed by atoms with Crippen molar-refractivity contribution < 1.29 is 4.52 Å². The van der Waals surface area contributed by atoms with Crippen LogP contribution in [0.25, 0.3) is 11.5 Å². The highest BCUT2D eigenvalue weighted by molar-refractivity contribution is 9.10. The molecule has 1 saturated carbocycles. The first-order chi connectivity index (χ1) is 9.98. The molecule has 0 saturated heterocycles. The van der Waals surface area contributed by atoms with Gasteiger partial charge in [-0.05, 0) is 65.7 Å². The van der Waals surface area contributed by atoms with Crippen LogP contribution in [0.1, 0.15) is 38.4 Å². The highest BCUT2D eigenvalue weighted by Gasteiger charge is 2.36. The van der Waals surface area contributed by atoms with E-state index in [4.69, 9.17) is 21.9 Å². The summed E-state index contributed by atoms with van der Waals surface area (Å²) in [6, 6.07) is 5.55. The van der Waals surface area contributed by atoms with E-state index in [-0.39, 0.29) is 0 Å². The molecule has 6 heteroatoms. The molecule has 0 aliphatic heterocycles. The van der Waals surface area contributed by atoms with Crippen molar-refractivity contribution >= 4 is 27.5 Å². The van der Waals surface area contributed by atoms with E-state index in [0.717, 1.165) is 41.6 Å². The summed E-state index contributed by atoms with van der Waals surface area (Å²) in [7, 11) is 0. The number of rotatable bonds is 2. The first-order valence-corrected chi connectivity index (χ1v) is 8.23. The average Bonchev–Trinajstić information content (AvgIpc) is 2.96. The first kappa shape index (κ1) is 15.0. The summed E-state index contributed by atoms with van der Waals surface area (Å²) in [6.45, 7) is 2.26. The molecule has 1 aromatic heterocycles. The number of hydrogen-bond acceptors (Lipinski definition) is 4. The maximum absolute atomic E-state index is 6.47. The predicted molar refractivity (Wildman–Crippen MR) is 85.9 cm³/mol. The maximum atomic E-state index is 6.47. The van der Waals surface area contributed by atoms with Crippen molar-refractivity contribution in [1.82, 2.24) is 10.1 Å². The molecule has 0 radical (unpaired) electrons. The second kappa shape index (κ2) is 5.71. The SMILES string of the molecule is CC1CCC(N)(c2noc(-c3ccc(Br)c(Cl)c3)n2)CC1. The minimum Gasteiger partial charge on any atom is -0.334 e. The first-order valence-electron chi connectivity index (χ1n) is 7.06. The van der Waals surface area contributed by atoms with E-state index >= 15 is 0 Å². The third kappa shape index (κ3) is 3.00. The third-order valence-corrected chi connectivity index (χ3v) is 5.44. The van der Waals surface area contributed by atoms with Crippen LogP contribution < -0.4 is 5.73 Å². The molecule has 2 N–H and O–H groups in total. The number of halogens is 2. The normalized spacial score (nSPS) is 26.0. The van der Waals surface area contributed by atoms with E-state index in [1.54, 1.807) is 6.07 Å². The summed E-state index contributed by atoms with van der Waals surface area (Å²) in [5.74, 6) is 1.78. The van der Waals surface area contributed by atoms with E-state index in [1.807, 2.05) is 12.1 Å². The molecule has 1 fully saturated rings. The van der Waals surface area contributed by atoms with Gasteiger partial charge in [0, 0.05) is 10.0 Å². The quantitative estimate of drug-likeness (QED) is 0.844. The number of hydrogen-bond donors (Lipinski definition) is 1. The van der Waals surface area contributed by atoms with Crippen LogP contribution in [0.15, 0.2) is 27.2 Å². The molecule has 2 aromatic rings. The number of aromatic nitrogens is 2. The Kier molecular flexibility index (Phi) is 4.08. The van der Waals surface area contributed by atoms with Gasteiger partial charge in [-0.3, -0.25) is 0 Å². The lowest BCUT2D eigenvalue weighted by Crippen LogP contribution is -2.41. The van der Waals surface area contributed by atoms with Crippen molar-refractivity contribution in [2.45, 2.75) is 38.1 Å². The Morgan fingerprint density at radius 2 is 2.10 bits per heavy atom. The standard InChI is InChI=1S/C15H17BrClN3O/c1-9-4-6-15(18,7-5-9)14-19-13(21-20-14)10-2-3-11(16)12(17)8-10/h2-3,8-9H,4-7,18H2,1H3. The van der Waals surface area contributed by atoms with Gasteiger partial charge in [-0.25, -0.2) is 0 Å². The van der Waals surface area contributed by atoms with E-state index in [9.17, 15) is 0 Å². The topological polar surface area (TPSA) is 64.9 Å². The van der Waals surface area contributed by atoms with Gasteiger partial charge in [0.2, 0.25) is 0 Å². The van der Waals surface area contributed by atoms with Gasteiger partial charge in [-0.2, -0.15) is 4.98 Å². The molecule has 1 aliphatic carbocycles. The average molecular weight is 371 g/mol. The monoisotopic (exact) mass is 369 g/mol. The lowest BCUT2D eigenvalue weighted by atomic mass is 9.77. The molecule has 112 valence electrons. The van der Waals surface area contributed by atoms with Crippen molar-refractivity contribution in [2.75, 3.05) is 0 Å². The Balaban J connectivity index is 1.87. The molecule has 4 nitrogen and oxygen atoms in total. The molecule has 0 atom stereocenters. The smallest absolute Gasteiger partial charge is 0.258 e. The Bertz CT molecular complexity index is 650. The molecule has 0 amide bonds. The zero-order chi connectivity index (χ0) is 15.0. The fourth-order valence-corrected chi connectivity index (χ4v) is 3.10. The molecule has 0 spiro atoms.